The Hall–Kier alpha value is -7.97. The van der Waals surface area contributed by atoms with Crippen LogP contribution in [0.3, 0.4) is 0 Å². The molecule has 64 heavy (non-hydrogen) atoms. The van der Waals surface area contributed by atoms with Crippen LogP contribution in [0.4, 0.5) is 0 Å². The molecule has 0 fully saturated rings. The van der Waals surface area contributed by atoms with E-state index in [1.54, 1.807) is 22.7 Å². The number of thiazole rings is 2. The highest BCUT2D eigenvalue weighted by molar-refractivity contribution is 7.22. The number of para-hydroxylation sites is 3. The minimum Gasteiger partial charge on any atom is -0.309 e. The molecule has 4 aromatic heterocycles. The summed E-state index contributed by atoms with van der Waals surface area (Å²) in [4.78, 5) is 15.6. The van der Waals surface area contributed by atoms with Gasteiger partial charge in [0.2, 0.25) is 0 Å². The number of nitrogens with zero attached hydrogens (tertiary/aromatic N) is 5. The third kappa shape index (κ3) is 6.01. The fourth-order valence-corrected chi connectivity index (χ4v) is 11.4. The molecule has 0 spiro atoms. The molecule has 0 bridgehead atoms. The third-order valence-electron chi connectivity index (χ3n) is 12.2. The zero-order valence-electron chi connectivity index (χ0n) is 34.3. The highest BCUT2D eigenvalue weighted by atomic mass is 32.1. The van der Waals surface area contributed by atoms with Crippen molar-refractivity contribution in [2.45, 2.75) is 0 Å². The van der Waals surface area contributed by atoms with Crippen LogP contribution in [0.2, 0.25) is 0 Å². The maximum absolute atomic E-state index is 5.22. The van der Waals surface area contributed by atoms with Crippen LogP contribution in [0.1, 0.15) is 0 Å². The number of benzene rings is 9. The molecule has 0 N–H and O–H groups in total. The maximum Gasteiger partial charge on any atom is 0.145 e. The summed E-state index contributed by atoms with van der Waals surface area (Å²) in [6.07, 6.45) is 0. The van der Waals surface area contributed by atoms with Gasteiger partial charge in [-0.05, 0) is 108 Å². The van der Waals surface area contributed by atoms with Gasteiger partial charge in [0, 0.05) is 50.0 Å². The second kappa shape index (κ2) is 14.8. The average Bonchev–Trinajstić information content (AvgIpc) is 4.16. The summed E-state index contributed by atoms with van der Waals surface area (Å²) in [6.45, 7) is 0. The lowest BCUT2D eigenvalue weighted by Crippen LogP contribution is -1.98. The number of aromatic nitrogens is 5. The quantitative estimate of drug-likeness (QED) is 0.160. The SMILES string of the molecule is c1ccc(-c2cccc3nc(-c4ccc5c(c4)c4cc(-c6nc7cccc(-c8ccccc8)c7s6)ccc4n5-c4ccc(-c5nc6ccccc6n5-c5ccccc5)cc4)sc23)cc1. The lowest BCUT2D eigenvalue weighted by molar-refractivity contribution is 1.10. The van der Waals surface area contributed by atoms with E-state index in [0.717, 1.165) is 87.8 Å². The van der Waals surface area contributed by atoms with Gasteiger partial charge in [0.05, 0.1) is 42.5 Å². The summed E-state index contributed by atoms with van der Waals surface area (Å²) in [7, 11) is 0. The Morgan fingerprint density at radius 2 is 0.781 bits per heavy atom. The largest absolute Gasteiger partial charge is 0.309 e. The lowest BCUT2D eigenvalue weighted by Gasteiger charge is -2.12. The second-order valence-corrected chi connectivity index (χ2v) is 18.0. The Bertz CT molecular complexity index is 3710. The first-order valence-corrected chi connectivity index (χ1v) is 23.0. The van der Waals surface area contributed by atoms with Gasteiger partial charge < -0.3 is 4.57 Å². The van der Waals surface area contributed by atoms with E-state index in [0.29, 0.717) is 0 Å². The fourth-order valence-electron chi connectivity index (χ4n) is 9.22. The monoisotopic (exact) mass is 853 g/mol. The zero-order valence-corrected chi connectivity index (χ0v) is 35.9. The first kappa shape index (κ1) is 36.7. The van der Waals surface area contributed by atoms with Crippen molar-refractivity contribution in [1.82, 2.24) is 24.1 Å². The Kier molecular flexibility index (Phi) is 8.50. The molecule has 0 saturated heterocycles. The molecule has 5 nitrogen and oxygen atoms in total. The van der Waals surface area contributed by atoms with Crippen molar-refractivity contribution in [2.24, 2.45) is 0 Å². The van der Waals surface area contributed by atoms with Gasteiger partial charge in [0.15, 0.2) is 0 Å². The van der Waals surface area contributed by atoms with E-state index in [2.05, 4.69) is 215 Å². The lowest BCUT2D eigenvalue weighted by atomic mass is 10.1. The van der Waals surface area contributed by atoms with Gasteiger partial charge in [-0.3, -0.25) is 4.57 Å². The van der Waals surface area contributed by atoms with Gasteiger partial charge in [-0.1, -0.05) is 115 Å². The van der Waals surface area contributed by atoms with E-state index in [9.17, 15) is 0 Å². The zero-order chi connectivity index (χ0) is 42.1. The molecule has 0 atom stereocenters. The summed E-state index contributed by atoms with van der Waals surface area (Å²) >= 11 is 3.51. The average molecular weight is 854 g/mol. The van der Waals surface area contributed by atoms with Crippen molar-refractivity contribution in [2.75, 3.05) is 0 Å². The third-order valence-corrected chi connectivity index (χ3v) is 14.5. The molecule has 0 unspecified atom stereocenters. The standard InChI is InChI=1S/C57H35N5S2/c1-4-14-36(15-5-1)43-20-12-23-48-53(43)63-56(59-48)39-28-32-50-45(34-39)46-35-40(57-60-49-24-13-21-44(54(49)64-57)37-16-6-2-7-17-37)29-33-51(46)61(50)42-30-26-38(27-31-42)55-58-47-22-10-11-25-52(47)62(55)41-18-8-3-9-19-41/h1-35H. The summed E-state index contributed by atoms with van der Waals surface area (Å²) < 4.78 is 7.03. The minimum atomic E-state index is 0.910. The molecule has 0 aliphatic heterocycles. The van der Waals surface area contributed by atoms with E-state index in [1.165, 1.54) is 31.7 Å². The van der Waals surface area contributed by atoms with Crippen molar-refractivity contribution in [3.05, 3.63) is 212 Å². The van der Waals surface area contributed by atoms with E-state index >= 15 is 0 Å². The molecule has 300 valence electrons. The molecule has 13 rings (SSSR count). The van der Waals surface area contributed by atoms with Gasteiger partial charge in [0.25, 0.3) is 0 Å². The van der Waals surface area contributed by atoms with E-state index in [-0.39, 0.29) is 0 Å². The van der Waals surface area contributed by atoms with Crippen molar-refractivity contribution < 1.29 is 0 Å². The summed E-state index contributed by atoms with van der Waals surface area (Å²) in [5, 5.41) is 4.33. The van der Waals surface area contributed by atoms with Gasteiger partial charge in [0.1, 0.15) is 15.8 Å². The number of hydrogen-bond donors (Lipinski definition) is 0. The van der Waals surface area contributed by atoms with Gasteiger partial charge in [-0.15, -0.1) is 22.7 Å². The predicted molar refractivity (Wildman–Crippen MR) is 269 cm³/mol. The molecule has 4 heterocycles. The molecule has 0 saturated carbocycles. The van der Waals surface area contributed by atoms with Crippen LogP contribution < -0.4 is 0 Å². The van der Waals surface area contributed by atoms with Crippen LogP contribution >= 0.6 is 22.7 Å². The minimum absolute atomic E-state index is 0.910. The highest BCUT2D eigenvalue weighted by Gasteiger charge is 2.20. The van der Waals surface area contributed by atoms with E-state index in [1.807, 2.05) is 6.07 Å². The highest BCUT2D eigenvalue weighted by Crippen LogP contribution is 2.43. The van der Waals surface area contributed by atoms with Crippen LogP contribution in [0.15, 0.2) is 212 Å². The number of fused-ring (bicyclic) bond motifs is 6. The van der Waals surface area contributed by atoms with Crippen LogP contribution in [0.25, 0.3) is 119 Å². The first-order valence-electron chi connectivity index (χ1n) is 21.3. The Balaban J connectivity index is 0.977. The van der Waals surface area contributed by atoms with Crippen molar-refractivity contribution in [3.8, 4) is 66.2 Å². The van der Waals surface area contributed by atoms with Crippen molar-refractivity contribution >= 4 is 75.9 Å². The van der Waals surface area contributed by atoms with Crippen LogP contribution in [0.5, 0.6) is 0 Å². The molecular weight excluding hydrogens is 819 g/mol. The summed E-state index contributed by atoms with van der Waals surface area (Å²) in [5.74, 6) is 0.910. The Labute approximate surface area is 376 Å². The smallest absolute Gasteiger partial charge is 0.145 e. The van der Waals surface area contributed by atoms with Crippen LogP contribution in [-0.2, 0) is 0 Å². The number of imidazole rings is 1. The normalized spacial score (nSPS) is 11.8. The predicted octanol–water partition coefficient (Wildman–Crippen LogP) is 15.7. The van der Waals surface area contributed by atoms with Crippen LogP contribution in [0, 0.1) is 0 Å². The summed E-state index contributed by atoms with van der Waals surface area (Å²) in [6, 6.07) is 75.4. The molecule has 0 amide bonds. The van der Waals surface area contributed by atoms with Gasteiger partial charge >= 0.3 is 0 Å². The summed E-state index contributed by atoms with van der Waals surface area (Å²) in [5.41, 5.74) is 16.5. The molecule has 0 aliphatic rings. The van der Waals surface area contributed by atoms with E-state index < -0.39 is 0 Å². The van der Waals surface area contributed by atoms with E-state index in [4.69, 9.17) is 15.0 Å². The van der Waals surface area contributed by atoms with Crippen molar-refractivity contribution in [1.29, 1.82) is 0 Å². The second-order valence-electron chi connectivity index (χ2n) is 16.0. The molecule has 7 heteroatoms. The first-order chi connectivity index (χ1) is 31.7. The maximum atomic E-state index is 5.22. The fraction of sp³-hybridized carbons (Fsp3) is 0. The van der Waals surface area contributed by atoms with Gasteiger partial charge in [-0.25, -0.2) is 15.0 Å². The Morgan fingerprint density at radius 3 is 1.34 bits per heavy atom. The van der Waals surface area contributed by atoms with Crippen molar-refractivity contribution in [3.63, 3.8) is 0 Å². The molecule has 9 aromatic carbocycles. The molecule has 0 radical (unpaired) electrons. The molecule has 0 aliphatic carbocycles. The number of hydrogen-bond acceptors (Lipinski definition) is 5. The van der Waals surface area contributed by atoms with Gasteiger partial charge in [-0.2, -0.15) is 0 Å². The molecular formula is C57H35N5S2. The molecule has 13 aromatic rings. The Morgan fingerprint density at radius 1 is 0.312 bits per heavy atom. The van der Waals surface area contributed by atoms with Crippen LogP contribution in [-0.4, -0.2) is 24.1 Å². The number of rotatable bonds is 7. The topological polar surface area (TPSA) is 48.5 Å².